The number of imide groups is 1. The summed E-state index contributed by atoms with van der Waals surface area (Å²) < 4.78 is 35.2. The van der Waals surface area contributed by atoms with Crippen molar-refractivity contribution >= 4 is 23.5 Å². The number of rotatable bonds is 10. The molecule has 1 saturated heterocycles. The van der Waals surface area contributed by atoms with Crippen LogP contribution in [0.1, 0.15) is 46.3 Å². The van der Waals surface area contributed by atoms with Crippen LogP contribution < -0.4 is 15.4 Å². The molecule has 0 aromatic heterocycles. The van der Waals surface area contributed by atoms with Gasteiger partial charge in [0.15, 0.2) is 0 Å². The number of ketones is 1. The number of benzene rings is 2. The maximum Gasteiger partial charge on any atom is 0.330 e. The van der Waals surface area contributed by atoms with E-state index in [-0.39, 0.29) is 49.8 Å². The Bertz CT molecular complexity index is 1200. The van der Waals surface area contributed by atoms with Crippen molar-refractivity contribution in [1.82, 2.24) is 15.5 Å². The van der Waals surface area contributed by atoms with Crippen molar-refractivity contribution in [2.75, 3.05) is 20.2 Å². The standard InChI is InChI=1S/C26H27F2N3O5/c1-29-11-12-36-19-4-2-3-18(14-19)26(27,28)22(32)9-6-16-5-7-20-17(13-16)15-31(25(20)35)21-8-10-23(33)30-24(21)34/h2-5,7,13-14,21,29H,6,8-12,15H2,1H3,(H,30,33,34). The van der Waals surface area contributed by atoms with Gasteiger partial charge in [0.1, 0.15) is 18.4 Å². The topological polar surface area (TPSA) is 105 Å². The summed E-state index contributed by atoms with van der Waals surface area (Å²) >= 11 is 0. The molecule has 1 unspecified atom stereocenters. The molecule has 0 radical (unpaired) electrons. The summed E-state index contributed by atoms with van der Waals surface area (Å²) in [6.45, 7) is 1.04. The zero-order valence-electron chi connectivity index (χ0n) is 19.8. The van der Waals surface area contributed by atoms with E-state index in [9.17, 15) is 28.0 Å². The van der Waals surface area contributed by atoms with E-state index < -0.39 is 29.2 Å². The third kappa shape index (κ3) is 5.28. The summed E-state index contributed by atoms with van der Waals surface area (Å²) in [7, 11) is 1.75. The first-order chi connectivity index (χ1) is 17.2. The van der Waals surface area contributed by atoms with Gasteiger partial charge in [-0.1, -0.05) is 24.3 Å². The molecule has 1 atom stereocenters. The van der Waals surface area contributed by atoms with Crippen molar-refractivity contribution in [1.29, 1.82) is 0 Å². The van der Waals surface area contributed by atoms with Gasteiger partial charge < -0.3 is 15.0 Å². The Morgan fingerprint density at radius 2 is 2.00 bits per heavy atom. The highest BCUT2D eigenvalue weighted by atomic mass is 19.3. The minimum absolute atomic E-state index is 0.0761. The van der Waals surface area contributed by atoms with Crippen LogP contribution in [0.3, 0.4) is 0 Å². The van der Waals surface area contributed by atoms with Gasteiger partial charge in [-0.3, -0.25) is 24.5 Å². The molecule has 2 aliphatic heterocycles. The monoisotopic (exact) mass is 499 g/mol. The Morgan fingerprint density at radius 3 is 2.75 bits per heavy atom. The summed E-state index contributed by atoms with van der Waals surface area (Å²) in [5.74, 6) is -5.80. The van der Waals surface area contributed by atoms with Crippen molar-refractivity contribution < 1.29 is 32.7 Å². The van der Waals surface area contributed by atoms with Gasteiger partial charge in [-0.05, 0) is 49.2 Å². The number of halogens is 2. The number of hydrogen-bond donors (Lipinski definition) is 2. The summed E-state index contributed by atoms with van der Waals surface area (Å²) in [5.41, 5.74) is 1.30. The number of piperidine rings is 1. The molecule has 0 saturated carbocycles. The molecule has 2 N–H and O–H groups in total. The number of ether oxygens (including phenoxy) is 1. The Balaban J connectivity index is 1.39. The minimum atomic E-state index is -3.67. The van der Waals surface area contributed by atoms with Crippen LogP contribution in [0.2, 0.25) is 0 Å². The lowest BCUT2D eigenvalue weighted by Crippen LogP contribution is -2.52. The highest BCUT2D eigenvalue weighted by Crippen LogP contribution is 2.33. The molecule has 0 aliphatic carbocycles. The van der Waals surface area contributed by atoms with E-state index in [0.29, 0.717) is 29.8 Å². The van der Waals surface area contributed by atoms with Crippen LogP contribution in [-0.2, 0) is 33.3 Å². The van der Waals surface area contributed by atoms with Crippen molar-refractivity contribution in [3.63, 3.8) is 0 Å². The number of carbonyl (C=O) groups is 4. The molecule has 10 heteroatoms. The summed E-state index contributed by atoms with van der Waals surface area (Å²) in [4.78, 5) is 50.3. The number of alkyl halides is 2. The van der Waals surface area contributed by atoms with E-state index in [1.54, 1.807) is 31.3 Å². The number of aryl methyl sites for hydroxylation is 1. The molecule has 36 heavy (non-hydrogen) atoms. The van der Waals surface area contributed by atoms with Crippen molar-refractivity contribution in [2.45, 2.75) is 44.2 Å². The molecule has 1 fully saturated rings. The van der Waals surface area contributed by atoms with Crippen LogP contribution in [0, 0.1) is 0 Å². The average molecular weight is 500 g/mol. The molecule has 0 bridgehead atoms. The SMILES string of the molecule is CNCCOc1cccc(C(F)(F)C(=O)CCc2ccc3c(c2)CN(C2CCC(=O)NC2=O)C3=O)c1. The van der Waals surface area contributed by atoms with E-state index in [4.69, 9.17) is 4.74 Å². The van der Waals surface area contributed by atoms with Gasteiger partial charge in [-0.2, -0.15) is 8.78 Å². The molecule has 190 valence electrons. The van der Waals surface area contributed by atoms with Gasteiger partial charge in [-0.25, -0.2) is 0 Å². The predicted octanol–water partition coefficient (Wildman–Crippen LogP) is 2.34. The number of amides is 3. The maximum atomic E-state index is 14.9. The second-order valence-corrected chi connectivity index (χ2v) is 8.87. The number of hydrogen-bond acceptors (Lipinski definition) is 6. The van der Waals surface area contributed by atoms with Gasteiger partial charge >= 0.3 is 5.92 Å². The zero-order chi connectivity index (χ0) is 25.9. The smallest absolute Gasteiger partial charge is 0.330 e. The number of likely N-dealkylation sites (N-methyl/N-ethyl adjacent to an activating group) is 1. The fraction of sp³-hybridized carbons (Fsp3) is 0.385. The third-order valence-corrected chi connectivity index (χ3v) is 6.40. The molecule has 2 aromatic carbocycles. The molecule has 4 rings (SSSR count). The molecular formula is C26H27F2N3O5. The highest BCUT2D eigenvalue weighted by molar-refractivity contribution is 6.05. The second kappa shape index (κ2) is 10.5. The highest BCUT2D eigenvalue weighted by Gasteiger charge is 2.41. The van der Waals surface area contributed by atoms with E-state index in [2.05, 4.69) is 10.6 Å². The number of nitrogens with one attached hydrogen (secondary N) is 2. The molecular weight excluding hydrogens is 472 g/mol. The lowest BCUT2D eigenvalue weighted by atomic mass is 9.97. The third-order valence-electron chi connectivity index (χ3n) is 6.40. The summed E-state index contributed by atoms with van der Waals surface area (Å²) in [6.07, 6.45) is 0.0970. The van der Waals surface area contributed by atoms with E-state index >= 15 is 0 Å². The van der Waals surface area contributed by atoms with Crippen molar-refractivity contribution in [3.8, 4) is 5.75 Å². The molecule has 3 amide bonds. The maximum absolute atomic E-state index is 14.9. The fourth-order valence-electron chi connectivity index (χ4n) is 4.41. The van der Waals surface area contributed by atoms with Crippen LogP contribution in [0.15, 0.2) is 42.5 Å². The number of nitrogens with zero attached hydrogens (tertiary/aromatic N) is 1. The van der Waals surface area contributed by atoms with Crippen molar-refractivity contribution in [3.05, 3.63) is 64.7 Å². The molecule has 2 aliphatic rings. The minimum Gasteiger partial charge on any atom is -0.492 e. The van der Waals surface area contributed by atoms with Gasteiger partial charge in [0.25, 0.3) is 5.91 Å². The zero-order valence-corrected chi connectivity index (χ0v) is 19.8. The average Bonchev–Trinajstić information content (AvgIpc) is 3.18. The normalized spacial score (nSPS) is 17.7. The predicted molar refractivity (Wildman–Crippen MR) is 126 cm³/mol. The molecule has 2 heterocycles. The van der Waals surface area contributed by atoms with Crippen LogP contribution in [0.5, 0.6) is 5.75 Å². The van der Waals surface area contributed by atoms with Gasteiger partial charge in [0.2, 0.25) is 17.6 Å². The summed E-state index contributed by atoms with van der Waals surface area (Å²) in [5, 5.41) is 5.15. The van der Waals surface area contributed by atoms with Crippen molar-refractivity contribution in [2.24, 2.45) is 0 Å². The van der Waals surface area contributed by atoms with E-state index in [0.717, 1.165) is 0 Å². The van der Waals surface area contributed by atoms with Gasteiger partial charge in [0.05, 0.1) is 0 Å². The summed E-state index contributed by atoms with van der Waals surface area (Å²) in [6, 6.07) is 9.57. The first kappa shape index (κ1) is 25.4. The first-order valence-electron chi connectivity index (χ1n) is 11.8. The Morgan fingerprint density at radius 1 is 1.19 bits per heavy atom. The number of fused-ring (bicyclic) bond motifs is 1. The Hall–Kier alpha value is -3.66. The molecule has 0 spiro atoms. The quantitative estimate of drug-likeness (QED) is 0.384. The second-order valence-electron chi connectivity index (χ2n) is 8.87. The Labute approximate surface area is 207 Å². The molecule has 2 aromatic rings. The Kier molecular flexibility index (Phi) is 7.44. The number of carbonyl (C=O) groups excluding carboxylic acids is 4. The van der Waals surface area contributed by atoms with Gasteiger partial charge in [-0.15, -0.1) is 0 Å². The van der Waals surface area contributed by atoms with Crippen LogP contribution in [0.4, 0.5) is 8.78 Å². The lowest BCUT2D eigenvalue weighted by molar-refractivity contribution is -0.144. The first-order valence-corrected chi connectivity index (χ1v) is 11.8. The van der Waals surface area contributed by atoms with Crippen LogP contribution in [0.25, 0.3) is 0 Å². The van der Waals surface area contributed by atoms with E-state index in [1.807, 2.05) is 0 Å². The lowest BCUT2D eigenvalue weighted by Gasteiger charge is -2.29. The van der Waals surface area contributed by atoms with Crippen LogP contribution in [-0.4, -0.2) is 54.6 Å². The van der Waals surface area contributed by atoms with Crippen LogP contribution >= 0.6 is 0 Å². The fourth-order valence-corrected chi connectivity index (χ4v) is 4.41. The van der Waals surface area contributed by atoms with Gasteiger partial charge in [0, 0.05) is 37.1 Å². The number of Topliss-reactive ketones (excluding diaryl/α,β-unsaturated/α-hetero) is 1. The largest absolute Gasteiger partial charge is 0.492 e. The molecule has 8 nitrogen and oxygen atoms in total. The van der Waals surface area contributed by atoms with E-state index in [1.165, 1.54) is 23.1 Å².